The average Bonchev–Trinajstić information content (AvgIpc) is 2.86. The zero-order valence-corrected chi connectivity index (χ0v) is 14.7. The maximum absolute atomic E-state index is 12.5. The van der Waals surface area contributed by atoms with E-state index in [1.165, 1.54) is 16.9 Å². The van der Waals surface area contributed by atoms with Gasteiger partial charge in [-0.2, -0.15) is 0 Å². The zero-order chi connectivity index (χ0) is 17.3. The molecule has 1 aromatic rings. The van der Waals surface area contributed by atoms with Crippen LogP contribution in [0.4, 0.5) is 9.59 Å². The van der Waals surface area contributed by atoms with Gasteiger partial charge in [-0.1, -0.05) is 37.5 Å². The van der Waals surface area contributed by atoms with Crippen LogP contribution in [-0.2, 0) is 4.74 Å². The number of nitrogens with one attached hydrogen (secondary N) is 1. The van der Waals surface area contributed by atoms with Crippen LogP contribution in [0.3, 0.4) is 0 Å². The van der Waals surface area contributed by atoms with Gasteiger partial charge >= 0.3 is 12.1 Å². The summed E-state index contributed by atoms with van der Waals surface area (Å²) < 4.78 is 5.50. The smallest absolute Gasteiger partial charge is 0.419 e. The number of nitrogens with zero attached hydrogens (tertiary/aromatic N) is 1. The van der Waals surface area contributed by atoms with Crippen LogP contribution in [0.5, 0.6) is 0 Å². The number of carbonyl (C=O) groups is 2. The van der Waals surface area contributed by atoms with Crippen molar-refractivity contribution in [3.63, 3.8) is 0 Å². The van der Waals surface area contributed by atoms with Crippen molar-refractivity contribution < 1.29 is 14.3 Å². The predicted octanol–water partition coefficient (Wildman–Crippen LogP) is 4.23. The molecule has 1 heterocycles. The number of rotatable bonds is 2. The molecule has 1 N–H and O–H groups in total. The van der Waals surface area contributed by atoms with Crippen LogP contribution < -0.4 is 5.32 Å². The Kier molecular flexibility index (Phi) is 4.78. The monoisotopic (exact) mass is 330 g/mol. The normalized spacial score (nSPS) is 24.8. The van der Waals surface area contributed by atoms with Gasteiger partial charge in [-0.15, -0.1) is 0 Å². The third-order valence-corrected chi connectivity index (χ3v) is 5.28. The lowest BCUT2D eigenvalue weighted by molar-refractivity contribution is 0.131. The SMILES string of the molecule is Cc1ccc(C2OC(=O)N(C(=O)NC3CCCCC3)C2C)cc1C. The van der Waals surface area contributed by atoms with Crippen molar-refractivity contribution in [2.75, 3.05) is 0 Å². The third kappa shape index (κ3) is 3.25. The molecule has 2 atom stereocenters. The second-order valence-electron chi connectivity index (χ2n) is 7.04. The molecule has 0 aromatic heterocycles. The molecule has 1 aliphatic carbocycles. The Morgan fingerprint density at radius 1 is 1.17 bits per heavy atom. The van der Waals surface area contributed by atoms with Crippen LogP contribution in [0.25, 0.3) is 0 Å². The van der Waals surface area contributed by atoms with Gasteiger partial charge in [0.2, 0.25) is 0 Å². The maximum Gasteiger partial charge on any atom is 0.419 e. The number of imide groups is 1. The summed E-state index contributed by atoms with van der Waals surface area (Å²) in [5, 5.41) is 3.00. The number of aryl methyl sites for hydroxylation is 2. The van der Waals surface area contributed by atoms with E-state index in [2.05, 4.69) is 5.32 Å². The van der Waals surface area contributed by atoms with E-state index >= 15 is 0 Å². The standard InChI is InChI=1S/C19H26N2O3/c1-12-9-10-15(11-13(12)2)17-14(3)21(19(23)24-17)18(22)20-16-7-5-4-6-8-16/h9-11,14,16-17H,4-8H2,1-3H3,(H,20,22). The van der Waals surface area contributed by atoms with Gasteiger partial charge in [-0.25, -0.2) is 14.5 Å². The van der Waals surface area contributed by atoms with E-state index in [1.54, 1.807) is 0 Å². The van der Waals surface area contributed by atoms with Gasteiger partial charge in [0, 0.05) is 6.04 Å². The van der Waals surface area contributed by atoms with Gasteiger partial charge in [0.25, 0.3) is 0 Å². The van der Waals surface area contributed by atoms with E-state index in [9.17, 15) is 9.59 Å². The van der Waals surface area contributed by atoms with Gasteiger partial charge in [-0.05, 0) is 50.3 Å². The molecule has 3 amide bonds. The second-order valence-corrected chi connectivity index (χ2v) is 7.04. The number of hydrogen-bond donors (Lipinski definition) is 1. The summed E-state index contributed by atoms with van der Waals surface area (Å²) in [7, 11) is 0. The molecule has 5 heteroatoms. The van der Waals surface area contributed by atoms with Crippen molar-refractivity contribution in [1.82, 2.24) is 10.2 Å². The number of benzene rings is 1. The minimum atomic E-state index is -0.556. The number of ether oxygens (including phenoxy) is 1. The molecule has 130 valence electrons. The first-order valence-corrected chi connectivity index (χ1v) is 8.85. The van der Waals surface area contributed by atoms with Crippen LogP contribution in [0.15, 0.2) is 18.2 Å². The molecule has 0 spiro atoms. The molecule has 1 aromatic carbocycles. The topological polar surface area (TPSA) is 58.6 Å². The number of hydrogen-bond acceptors (Lipinski definition) is 3. The summed E-state index contributed by atoms with van der Waals surface area (Å²) in [6.45, 7) is 5.95. The maximum atomic E-state index is 12.5. The average molecular weight is 330 g/mol. The first kappa shape index (κ1) is 16.8. The van der Waals surface area contributed by atoms with E-state index in [0.29, 0.717) is 0 Å². The summed E-state index contributed by atoms with van der Waals surface area (Å²) in [6.07, 6.45) is 4.51. The van der Waals surface area contributed by atoms with Crippen molar-refractivity contribution in [3.05, 3.63) is 34.9 Å². The van der Waals surface area contributed by atoms with Gasteiger partial charge in [0.1, 0.15) is 6.10 Å². The van der Waals surface area contributed by atoms with Crippen molar-refractivity contribution in [2.45, 2.75) is 71.1 Å². The van der Waals surface area contributed by atoms with Gasteiger partial charge < -0.3 is 10.1 Å². The summed E-state index contributed by atoms with van der Waals surface area (Å²) in [6, 6.07) is 5.56. The number of amides is 3. The van der Waals surface area contributed by atoms with Crippen LogP contribution in [0, 0.1) is 13.8 Å². The van der Waals surface area contributed by atoms with Crippen molar-refractivity contribution in [2.24, 2.45) is 0 Å². The van der Waals surface area contributed by atoms with Gasteiger partial charge in [0.05, 0.1) is 6.04 Å². The minimum Gasteiger partial charge on any atom is -0.439 e. The Labute approximate surface area is 143 Å². The van der Waals surface area contributed by atoms with E-state index in [-0.39, 0.29) is 18.1 Å². The summed E-state index contributed by atoms with van der Waals surface area (Å²) >= 11 is 0. The van der Waals surface area contributed by atoms with Crippen molar-refractivity contribution in [3.8, 4) is 0 Å². The highest BCUT2D eigenvalue weighted by Gasteiger charge is 2.44. The zero-order valence-electron chi connectivity index (χ0n) is 14.7. The highest BCUT2D eigenvalue weighted by atomic mass is 16.6. The number of carbonyl (C=O) groups excluding carboxylic acids is 2. The van der Waals surface area contributed by atoms with Crippen LogP contribution in [0.1, 0.15) is 61.8 Å². The minimum absolute atomic E-state index is 0.173. The second kappa shape index (κ2) is 6.83. The van der Waals surface area contributed by atoms with Crippen LogP contribution in [0.2, 0.25) is 0 Å². The van der Waals surface area contributed by atoms with Crippen molar-refractivity contribution >= 4 is 12.1 Å². The predicted molar refractivity (Wildman–Crippen MR) is 91.8 cm³/mol. The molecule has 1 saturated heterocycles. The highest BCUT2D eigenvalue weighted by Crippen LogP contribution is 2.33. The van der Waals surface area contributed by atoms with Gasteiger partial charge in [-0.3, -0.25) is 0 Å². The molecule has 3 rings (SSSR count). The summed E-state index contributed by atoms with van der Waals surface area (Å²) in [4.78, 5) is 26.0. The summed E-state index contributed by atoms with van der Waals surface area (Å²) in [5.41, 5.74) is 3.29. The molecule has 0 radical (unpaired) electrons. The van der Waals surface area contributed by atoms with E-state index in [1.807, 2.05) is 39.0 Å². The van der Waals surface area contributed by atoms with Crippen molar-refractivity contribution in [1.29, 1.82) is 0 Å². The molecular formula is C19H26N2O3. The molecule has 24 heavy (non-hydrogen) atoms. The largest absolute Gasteiger partial charge is 0.439 e. The fraction of sp³-hybridized carbons (Fsp3) is 0.579. The fourth-order valence-electron chi connectivity index (χ4n) is 3.61. The molecular weight excluding hydrogens is 304 g/mol. The summed E-state index contributed by atoms with van der Waals surface area (Å²) in [5.74, 6) is 0. The molecule has 2 unspecified atom stereocenters. The number of cyclic esters (lactones) is 1. The molecule has 0 bridgehead atoms. The molecule has 2 aliphatic rings. The molecule has 5 nitrogen and oxygen atoms in total. The first-order valence-electron chi connectivity index (χ1n) is 8.85. The lowest BCUT2D eigenvalue weighted by Gasteiger charge is -2.26. The number of urea groups is 1. The van der Waals surface area contributed by atoms with Crippen LogP contribution in [-0.4, -0.2) is 29.1 Å². The highest BCUT2D eigenvalue weighted by molar-refractivity contribution is 5.93. The van der Waals surface area contributed by atoms with E-state index in [0.717, 1.165) is 36.8 Å². The fourth-order valence-corrected chi connectivity index (χ4v) is 3.61. The Morgan fingerprint density at radius 2 is 1.88 bits per heavy atom. The Hall–Kier alpha value is -2.04. The van der Waals surface area contributed by atoms with Gasteiger partial charge in [0.15, 0.2) is 0 Å². The lowest BCUT2D eigenvalue weighted by atomic mass is 9.95. The Bertz CT molecular complexity index is 637. The van der Waals surface area contributed by atoms with Crippen LogP contribution >= 0.6 is 0 Å². The third-order valence-electron chi connectivity index (χ3n) is 5.28. The van der Waals surface area contributed by atoms with E-state index < -0.39 is 12.2 Å². The molecule has 2 fully saturated rings. The molecule has 1 aliphatic heterocycles. The Morgan fingerprint density at radius 3 is 2.54 bits per heavy atom. The van der Waals surface area contributed by atoms with E-state index in [4.69, 9.17) is 4.74 Å². The Balaban J connectivity index is 1.72. The lowest BCUT2D eigenvalue weighted by Crippen LogP contribution is -2.48. The molecule has 1 saturated carbocycles. The first-order chi connectivity index (χ1) is 11.5. The quantitative estimate of drug-likeness (QED) is 0.883.